The number of aromatic nitrogens is 4. The Labute approximate surface area is 96.8 Å². The van der Waals surface area contributed by atoms with Crippen LogP contribution < -0.4 is 5.56 Å². The third-order valence-corrected chi connectivity index (χ3v) is 2.62. The van der Waals surface area contributed by atoms with E-state index in [1.165, 1.54) is 0 Å². The third-order valence-electron chi connectivity index (χ3n) is 2.62. The Morgan fingerprint density at radius 3 is 2.76 bits per heavy atom. The molecule has 1 aromatic carbocycles. The van der Waals surface area contributed by atoms with Gasteiger partial charge in [0.25, 0.3) is 5.56 Å². The zero-order valence-electron chi connectivity index (χ0n) is 9.21. The highest BCUT2D eigenvalue weighted by atomic mass is 16.1. The number of imidazole rings is 1. The predicted octanol–water partition coefficient (Wildman–Crippen LogP) is 1.32. The molecule has 2 heterocycles. The molecule has 0 spiro atoms. The first-order valence-corrected chi connectivity index (χ1v) is 5.22. The van der Waals surface area contributed by atoms with Crippen LogP contribution >= 0.6 is 0 Å². The second kappa shape index (κ2) is 3.55. The molecule has 0 bridgehead atoms. The Hall–Kier alpha value is -2.43. The Kier molecular flexibility index (Phi) is 2.04. The number of benzene rings is 1. The van der Waals surface area contributed by atoms with Gasteiger partial charge in [0.05, 0.1) is 6.33 Å². The van der Waals surface area contributed by atoms with Gasteiger partial charge in [-0.25, -0.2) is 9.97 Å². The molecule has 1 N–H and O–H groups in total. The second-order valence-electron chi connectivity index (χ2n) is 3.81. The number of hydrogen-bond acceptors (Lipinski definition) is 3. The number of fused-ring (bicyclic) bond motifs is 1. The van der Waals surface area contributed by atoms with Crippen molar-refractivity contribution in [3.05, 3.63) is 47.0 Å². The summed E-state index contributed by atoms with van der Waals surface area (Å²) in [7, 11) is 1.82. The Morgan fingerprint density at radius 2 is 2.00 bits per heavy atom. The number of nitrogens with zero attached hydrogens (tertiary/aromatic N) is 3. The van der Waals surface area contributed by atoms with Crippen LogP contribution in [0.5, 0.6) is 0 Å². The van der Waals surface area contributed by atoms with Crippen LogP contribution in [0, 0.1) is 0 Å². The lowest BCUT2D eigenvalue weighted by Crippen LogP contribution is -2.10. The first-order chi connectivity index (χ1) is 8.25. The summed E-state index contributed by atoms with van der Waals surface area (Å²) in [5.74, 6) is 0.562. The van der Waals surface area contributed by atoms with Gasteiger partial charge in [0.2, 0.25) is 0 Å². The topological polar surface area (TPSA) is 63.6 Å². The maximum atomic E-state index is 11.8. The molecular weight excluding hydrogens is 216 g/mol. The van der Waals surface area contributed by atoms with E-state index in [1.807, 2.05) is 37.4 Å². The summed E-state index contributed by atoms with van der Waals surface area (Å²) < 4.78 is 1.73. The van der Waals surface area contributed by atoms with Crippen molar-refractivity contribution in [2.75, 3.05) is 0 Å². The molecule has 0 aliphatic heterocycles. The van der Waals surface area contributed by atoms with Gasteiger partial charge in [-0.2, -0.15) is 0 Å². The van der Waals surface area contributed by atoms with Crippen molar-refractivity contribution in [3.63, 3.8) is 0 Å². The van der Waals surface area contributed by atoms with Gasteiger partial charge in [-0.3, -0.25) is 4.79 Å². The van der Waals surface area contributed by atoms with Crippen LogP contribution in [0.25, 0.3) is 22.6 Å². The van der Waals surface area contributed by atoms with E-state index >= 15 is 0 Å². The lowest BCUT2D eigenvalue weighted by Gasteiger charge is -2.00. The van der Waals surface area contributed by atoms with Crippen molar-refractivity contribution in [1.29, 1.82) is 0 Å². The largest absolute Gasteiger partial charge is 0.318 e. The molecule has 0 saturated heterocycles. The molecule has 0 aliphatic rings. The molecule has 0 radical (unpaired) electrons. The number of nitrogens with one attached hydrogen (secondary N) is 1. The van der Waals surface area contributed by atoms with E-state index in [2.05, 4.69) is 15.0 Å². The van der Waals surface area contributed by atoms with Crippen molar-refractivity contribution in [2.24, 2.45) is 7.05 Å². The molecular formula is C12H10N4O. The summed E-state index contributed by atoms with van der Waals surface area (Å²) in [4.78, 5) is 23.0. The highest BCUT2D eigenvalue weighted by Gasteiger charge is 2.08. The minimum Gasteiger partial charge on any atom is -0.318 e. The van der Waals surface area contributed by atoms with Crippen LogP contribution in [-0.4, -0.2) is 19.5 Å². The van der Waals surface area contributed by atoms with Crippen molar-refractivity contribution < 1.29 is 0 Å². The molecule has 84 valence electrons. The van der Waals surface area contributed by atoms with Gasteiger partial charge in [-0.1, -0.05) is 30.3 Å². The first kappa shape index (κ1) is 9.77. The fraction of sp³-hybridized carbons (Fsp3) is 0.0833. The number of H-pyrrole nitrogens is 1. The summed E-state index contributed by atoms with van der Waals surface area (Å²) >= 11 is 0. The lowest BCUT2D eigenvalue weighted by atomic mass is 10.2. The average Bonchev–Trinajstić information content (AvgIpc) is 2.73. The maximum absolute atomic E-state index is 11.8. The van der Waals surface area contributed by atoms with E-state index < -0.39 is 0 Å². The summed E-state index contributed by atoms with van der Waals surface area (Å²) in [5.41, 5.74) is 1.63. The van der Waals surface area contributed by atoms with E-state index in [4.69, 9.17) is 0 Å². The molecule has 3 aromatic rings. The minimum absolute atomic E-state index is 0.213. The lowest BCUT2D eigenvalue weighted by molar-refractivity contribution is 0.928. The van der Waals surface area contributed by atoms with Crippen LogP contribution in [0.3, 0.4) is 0 Å². The molecule has 5 nitrogen and oxygen atoms in total. The SMILES string of the molecule is Cn1cnc2c(=O)[nH]c(-c3ccccc3)nc21. The first-order valence-electron chi connectivity index (χ1n) is 5.22. The molecule has 17 heavy (non-hydrogen) atoms. The molecule has 2 aromatic heterocycles. The second-order valence-corrected chi connectivity index (χ2v) is 3.81. The molecule has 0 unspecified atom stereocenters. The zero-order valence-corrected chi connectivity index (χ0v) is 9.21. The van der Waals surface area contributed by atoms with Crippen LogP contribution in [0.2, 0.25) is 0 Å². The summed E-state index contributed by atoms with van der Waals surface area (Å²) in [6.45, 7) is 0. The minimum atomic E-state index is -0.213. The normalized spacial score (nSPS) is 10.9. The summed E-state index contributed by atoms with van der Waals surface area (Å²) in [5, 5.41) is 0. The van der Waals surface area contributed by atoms with Crippen molar-refractivity contribution in [2.45, 2.75) is 0 Å². The summed E-state index contributed by atoms with van der Waals surface area (Å²) in [6.07, 6.45) is 1.58. The third kappa shape index (κ3) is 1.52. The zero-order chi connectivity index (χ0) is 11.8. The molecule has 0 amide bonds. The van der Waals surface area contributed by atoms with Crippen molar-refractivity contribution in [3.8, 4) is 11.4 Å². The highest BCUT2D eigenvalue weighted by Crippen LogP contribution is 2.14. The van der Waals surface area contributed by atoms with Gasteiger partial charge in [-0.05, 0) is 0 Å². The van der Waals surface area contributed by atoms with Crippen molar-refractivity contribution >= 4 is 11.2 Å². The van der Waals surface area contributed by atoms with E-state index in [9.17, 15) is 4.79 Å². The van der Waals surface area contributed by atoms with Crippen LogP contribution in [0.1, 0.15) is 0 Å². The van der Waals surface area contributed by atoms with Gasteiger partial charge in [0, 0.05) is 12.6 Å². The van der Waals surface area contributed by atoms with Crippen LogP contribution in [0.15, 0.2) is 41.5 Å². The Balaban J connectivity index is 2.32. The molecule has 0 fully saturated rings. The molecule has 0 atom stereocenters. The number of hydrogen-bond donors (Lipinski definition) is 1. The van der Waals surface area contributed by atoms with Crippen LogP contribution in [0.4, 0.5) is 0 Å². The predicted molar refractivity (Wildman–Crippen MR) is 64.6 cm³/mol. The van der Waals surface area contributed by atoms with Gasteiger partial charge in [-0.15, -0.1) is 0 Å². The Bertz CT molecular complexity index is 727. The number of aryl methyl sites for hydroxylation is 1. The molecule has 3 rings (SSSR count). The molecule has 0 aliphatic carbocycles. The van der Waals surface area contributed by atoms with E-state index in [0.29, 0.717) is 17.0 Å². The molecule has 0 saturated carbocycles. The van der Waals surface area contributed by atoms with Crippen LogP contribution in [-0.2, 0) is 7.05 Å². The Morgan fingerprint density at radius 1 is 1.24 bits per heavy atom. The number of aromatic amines is 1. The maximum Gasteiger partial charge on any atom is 0.279 e. The molecule has 5 heteroatoms. The van der Waals surface area contributed by atoms with E-state index in [0.717, 1.165) is 5.56 Å². The average molecular weight is 226 g/mol. The fourth-order valence-electron chi connectivity index (χ4n) is 1.75. The van der Waals surface area contributed by atoms with E-state index in [1.54, 1.807) is 10.9 Å². The summed E-state index contributed by atoms with van der Waals surface area (Å²) in [6, 6.07) is 9.54. The fourth-order valence-corrected chi connectivity index (χ4v) is 1.75. The monoisotopic (exact) mass is 226 g/mol. The van der Waals surface area contributed by atoms with Gasteiger partial charge >= 0.3 is 0 Å². The number of rotatable bonds is 1. The van der Waals surface area contributed by atoms with E-state index in [-0.39, 0.29) is 5.56 Å². The highest BCUT2D eigenvalue weighted by molar-refractivity contribution is 5.72. The van der Waals surface area contributed by atoms with Gasteiger partial charge in [0.1, 0.15) is 5.82 Å². The standard InChI is InChI=1S/C12H10N4O/c1-16-7-13-9-11(16)14-10(15-12(9)17)8-5-3-2-4-6-8/h2-7H,1H3,(H,14,15,17). The van der Waals surface area contributed by atoms with Crippen molar-refractivity contribution in [1.82, 2.24) is 19.5 Å². The van der Waals surface area contributed by atoms with Gasteiger partial charge in [0.15, 0.2) is 11.2 Å². The van der Waals surface area contributed by atoms with Gasteiger partial charge < -0.3 is 9.55 Å². The smallest absolute Gasteiger partial charge is 0.279 e. The quantitative estimate of drug-likeness (QED) is 0.680.